The fraction of sp³-hybridized carbons (Fsp3) is 0.136. The van der Waals surface area contributed by atoms with E-state index in [2.05, 4.69) is 10.4 Å². The molecule has 1 N–H and O–H groups in total. The van der Waals surface area contributed by atoms with Crippen molar-refractivity contribution in [3.8, 4) is 5.69 Å². The second-order valence-electron chi connectivity index (χ2n) is 6.33. The van der Waals surface area contributed by atoms with Gasteiger partial charge in [0.1, 0.15) is 5.82 Å². The van der Waals surface area contributed by atoms with Gasteiger partial charge in [-0.3, -0.25) is 4.79 Å². The van der Waals surface area contributed by atoms with E-state index in [9.17, 15) is 14.0 Å². The molecule has 0 radical (unpaired) electrons. The fourth-order valence-corrected chi connectivity index (χ4v) is 2.78. The van der Waals surface area contributed by atoms with E-state index in [0.717, 1.165) is 11.3 Å². The maximum atomic E-state index is 13.1. The van der Waals surface area contributed by atoms with Gasteiger partial charge in [-0.2, -0.15) is 5.10 Å². The second kappa shape index (κ2) is 8.97. The third kappa shape index (κ3) is 5.16. The van der Waals surface area contributed by atoms with Gasteiger partial charge in [-0.1, -0.05) is 18.2 Å². The van der Waals surface area contributed by atoms with E-state index in [0.29, 0.717) is 17.1 Å². The van der Waals surface area contributed by atoms with Gasteiger partial charge in [-0.05, 0) is 56.3 Å². The number of aromatic nitrogens is 2. The SMILES string of the molecule is Cc1nn(-c2ccc(F)cc2)c(C)c1/C=C/C(=O)OCC(=O)Nc1ccccc1. The summed E-state index contributed by atoms with van der Waals surface area (Å²) in [5.74, 6) is -1.38. The number of amides is 1. The summed E-state index contributed by atoms with van der Waals surface area (Å²) in [4.78, 5) is 23.8. The molecule has 0 atom stereocenters. The normalized spacial score (nSPS) is 10.9. The Morgan fingerprint density at radius 3 is 2.48 bits per heavy atom. The molecule has 1 heterocycles. The first-order valence-electron chi connectivity index (χ1n) is 8.96. The van der Waals surface area contributed by atoms with E-state index in [-0.39, 0.29) is 12.4 Å². The molecular weight excluding hydrogens is 373 g/mol. The lowest BCUT2D eigenvalue weighted by Crippen LogP contribution is -2.20. The molecule has 6 nitrogen and oxygen atoms in total. The van der Waals surface area contributed by atoms with E-state index in [1.165, 1.54) is 18.2 Å². The number of anilines is 1. The highest BCUT2D eigenvalue weighted by molar-refractivity contribution is 5.94. The molecule has 29 heavy (non-hydrogen) atoms. The van der Waals surface area contributed by atoms with Crippen LogP contribution in [0.3, 0.4) is 0 Å². The Balaban J connectivity index is 1.61. The number of carbonyl (C=O) groups excluding carboxylic acids is 2. The summed E-state index contributed by atoms with van der Waals surface area (Å²) in [6.45, 7) is 3.28. The first-order valence-corrected chi connectivity index (χ1v) is 8.96. The minimum Gasteiger partial charge on any atom is -0.452 e. The van der Waals surface area contributed by atoms with Crippen LogP contribution in [-0.4, -0.2) is 28.3 Å². The zero-order chi connectivity index (χ0) is 20.8. The summed E-state index contributed by atoms with van der Waals surface area (Å²) in [7, 11) is 0. The quantitative estimate of drug-likeness (QED) is 0.510. The smallest absolute Gasteiger partial charge is 0.331 e. The van der Waals surface area contributed by atoms with Crippen LogP contribution in [0.4, 0.5) is 10.1 Å². The Morgan fingerprint density at radius 1 is 1.10 bits per heavy atom. The van der Waals surface area contributed by atoms with E-state index < -0.39 is 11.9 Å². The lowest BCUT2D eigenvalue weighted by molar-refractivity contribution is -0.142. The molecule has 0 saturated carbocycles. The van der Waals surface area contributed by atoms with Crippen LogP contribution in [0.25, 0.3) is 11.8 Å². The molecule has 0 spiro atoms. The molecule has 0 aliphatic rings. The molecule has 1 aromatic heterocycles. The average molecular weight is 393 g/mol. The number of benzene rings is 2. The van der Waals surface area contributed by atoms with Gasteiger partial charge in [-0.15, -0.1) is 0 Å². The Hall–Kier alpha value is -3.74. The summed E-state index contributed by atoms with van der Waals surface area (Å²) in [6.07, 6.45) is 2.84. The average Bonchev–Trinajstić information content (AvgIpc) is 3.00. The van der Waals surface area contributed by atoms with Gasteiger partial charge >= 0.3 is 5.97 Å². The zero-order valence-corrected chi connectivity index (χ0v) is 16.1. The molecule has 0 fully saturated rings. The van der Waals surface area contributed by atoms with Crippen molar-refractivity contribution in [2.75, 3.05) is 11.9 Å². The van der Waals surface area contributed by atoms with Crippen molar-refractivity contribution in [2.45, 2.75) is 13.8 Å². The minimum absolute atomic E-state index is 0.325. The number of carbonyl (C=O) groups is 2. The largest absolute Gasteiger partial charge is 0.452 e. The molecule has 148 valence electrons. The van der Waals surface area contributed by atoms with Gasteiger partial charge in [0.15, 0.2) is 6.61 Å². The van der Waals surface area contributed by atoms with Gasteiger partial charge in [0.25, 0.3) is 5.91 Å². The van der Waals surface area contributed by atoms with Gasteiger partial charge in [-0.25, -0.2) is 13.9 Å². The van der Waals surface area contributed by atoms with E-state index in [4.69, 9.17) is 4.74 Å². The first kappa shape index (κ1) is 20.0. The van der Waals surface area contributed by atoms with E-state index >= 15 is 0 Å². The standard InChI is InChI=1S/C22H20FN3O3/c1-15-20(16(2)26(25-15)19-10-8-17(23)9-11-19)12-13-22(28)29-14-21(27)24-18-6-4-3-5-7-18/h3-13H,14H2,1-2H3,(H,24,27)/b13-12+. The molecule has 0 aliphatic carbocycles. The number of halogens is 1. The molecular formula is C22H20FN3O3. The highest BCUT2D eigenvalue weighted by atomic mass is 19.1. The maximum absolute atomic E-state index is 13.1. The van der Waals surface area contributed by atoms with Crippen molar-refractivity contribution < 1.29 is 18.7 Å². The molecule has 7 heteroatoms. The van der Waals surface area contributed by atoms with Gasteiger partial charge < -0.3 is 10.1 Å². The summed E-state index contributed by atoms with van der Waals surface area (Å²) in [5.41, 5.74) is 3.59. The van der Waals surface area contributed by atoms with Crippen molar-refractivity contribution >= 4 is 23.6 Å². The Labute approximate surface area is 167 Å². The number of rotatable bonds is 6. The third-order valence-corrected chi connectivity index (χ3v) is 4.21. The number of hydrogen-bond acceptors (Lipinski definition) is 4. The third-order valence-electron chi connectivity index (χ3n) is 4.21. The molecule has 0 saturated heterocycles. The summed E-state index contributed by atoms with van der Waals surface area (Å²) >= 11 is 0. The summed E-state index contributed by atoms with van der Waals surface area (Å²) < 4.78 is 19.8. The molecule has 0 bridgehead atoms. The minimum atomic E-state index is -0.637. The van der Waals surface area contributed by atoms with Crippen molar-refractivity contribution in [3.63, 3.8) is 0 Å². The number of esters is 1. The lowest BCUT2D eigenvalue weighted by Gasteiger charge is -2.05. The van der Waals surface area contributed by atoms with Crippen molar-refractivity contribution in [2.24, 2.45) is 0 Å². The van der Waals surface area contributed by atoms with Crippen LogP contribution in [0.15, 0.2) is 60.7 Å². The monoisotopic (exact) mass is 393 g/mol. The van der Waals surface area contributed by atoms with Gasteiger partial charge in [0.05, 0.1) is 11.4 Å². The zero-order valence-electron chi connectivity index (χ0n) is 16.1. The molecule has 3 rings (SSSR count). The van der Waals surface area contributed by atoms with Crippen LogP contribution < -0.4 is 5.32 Å². The number of nitrogens with zero attached hydrogens (tertiary/aromatic N) is 2. The van der Waals surface area contributed by atoms with Crippen LogP contribution in [0.5, 0.6) is 0 Å². The number of nitrogens with one attached hydrogen (secondary N) is 1. The predicted octanol–water partition coefficient (Wildman–Crippen LogP) is 3.82. The van der Waals surface area contributed by atoms with Crippen LogP contribution in [0.2, 0.25) is 0 Å². The highest BCUT2D eigenvalue weighted by Crippen LogP contribution is 2.19. The molecule has 0 aliphatic heterocycles. The molecule has 2 aromatic carbocycles. The summed E-state index contributed by atoms with van der Waals surface area (Å²) in [6, 6.07) is 14.9. The van der Waals surface area contributed by atoms with Gasteiger partial charge in [0, 0.05) is 23.0 Å². The number of para-hydroxylation sites is 1. The number of ether oxygens (including phenoxy) is 1. The van der Waals surface area contributed by atoms with Crippen LogP contribution in [-0.2, 0) is 14.3 Å². The van der Waals surface area contributed by atoms with Crippen LogP contribution >= 0.6 is 0 Å². The Bertz CT molecular complexity index is 1040. The molecule has 1 amide bonds. The predicted molar refractivity (Wildman–Crippen MR) is 108 cm³/mol. The first-order chi connectivity index (χ1) is 13.9. The van der Waals surface area contributed by atoms with Crippen LogP contribution in [0.1, 0.15) is 17.0 Å². The van der Waals surface area contributed by atoms with Crippen LogP contribution in [0, 0.1) is 19.7 Å². The Kier molecular flexibility index (Phi) is 6.19. The van der Waals surface area contributed by atoms with Crippen molar-refractivity contribution in [3.05, 3.63) is 83.4 Å². The number of hydrogen-bond donors (Lipinski definition) is 1. The van der Waals surface area contributed by atoms with Gasteiger partial charge in [0.2, 0.25) is 0 Å². The summed E-state index contributed by atoms with van der Waals surface area (Å²) in [5, 5.41) is 7.07. The fourth-order valence-electron chi connectivity index (χ4n) is 2.78. The Morgan fingerprint density at radius 2 is 1.79 bits per heavy atom. The molecule has 3 aromatic rings. The highest BCUT2D eigenvalue weighted by Gasteiger charge is 2.12. The lowest BCUT2D eigenvalue weighted by atomic mass is 10.2. The topological polar surface area (TPSA) is 73.2 Å². The number of aryl methyl sites for hydroxylation is 1. The van der Waals surface area contributed by atoms with Crippen molar-refractivity contribution in [1.82, 2.24) is 9.78 Å². The van der Waals surface area contributed by atoms with Crippen molar-refractivity contribution in [1.29, 1.82) is 0 Å². The molecule has 0 unspecified atom stereocenters. The van der Waals surface area contributed by atoms with E-state index in [1.54, 1.807) is 47.2 Å². The van der Waals surface area contributed by atoms with E-state index in [1.807, 2.05) is 19.9 Å². The second-order valence-corrected chi connectivity index (χ2v) is 6.33. The maximum Gasteiger partial charge on any atom is 0.331 e.